The second kappa shape index (κ2) is 8.09. The first-order valence-electron chi connectivity index (χ1n) is 6.07. The van der Waals surface area contributed by atoms with Crippen molar-refractivity contribution in [3.63, 3.8) is 0 Å². The van der Waals surface area contributed by atoms with Crippen LogP contribution >= 0.6 is 0 Å². The molecule has 1 aromatic rings. The van der Waals surface area contributed by atoms with Gasteiger partial charge in [-0.15, -0.1) is 0 Å². The maximum atomic E-state index is 5.56. The number of benzene rings is 1. The van der Waals surface area contributed by atoms with Crippen LogP contribution in [0, 0.1) is 0 Å². The normalized spacial score (nSPS) is 10.8. The van der Waals surface area contributed by atoms with Gasteiger partial charge in [-0.1, -0.05) is 25.5 Å². The first-order valence-corrected chi connectivity index (χ1v) is 6.07. The van der Waals surface area contributed by atoms with Crippen molar-refractivity contribution in [3.8, 4) is 5.75 Å². The molecule has 0 amide bonds. The van der Waals surface area contributed by atoms with Gasteiger partial charge in [0.05, 0.1) is 0 Å². The fraction of sp³-hybridized carbons (Fsp3) is 0.571. The number of aryl methyl sites for hydroxylation is 1. The summed E-state index contributed by atoms with van der Waals surface area (Å²) in [6.07, 6.45) is 3.28. The standard InChI is InChI=1S/C14H22O3/c1-4-5-6-12-7-9-13(10-8-12)17-11-14(15-2)16-3/h7-10,14H,4-6,11H2,1-3H3. The summed E-state index contributed by atoms with van der Waals surface area (Å²) >= 11 is 0. The van der Waals surface area contributed by atoms with E-state index in [-0.39, 0.29) is 6.29 Å². The molecule has 0 heterocycles. The second-order valence-electron chi connectivity index (χ2n) is 3.96. The van der Waals surface area contributed by atoms with Crippen molar-refractivity contribution in [1.82, 2.24) is 0 Å². The lowest BCUT2D eigenvalue weighted by Gasteiger charge is -2.14. The Bertz CT molecular complexity index is 291. The Morgan fingerprint density at radius 1 is 1.06 bits per heavy atom. The van der Waals surface area contributed by atoms with E-state index in [1.54, 1.807) is 14.2 Å². The SMILES string of the molecule is CCCCc1ccc(OCC(OC)OC)cc1. The van der Waals surface area contributed by atoms with Crippen molar-refractivity contribution in [1.29, 1.82) is 0 Å². The predicted molar refractivity (Wildman–Crippen MR) is 68.4 cm³/mol. The van der Waals surface area contributed by atoms with Crippen molar-refractivity contribution in [2.75, 3.05) is 20.8 Å². The fourth-order valence-corrected chi connectivity index (χ4v) is 1.53. The van der Waals surface area contributed by atoms with Crippen molar-refractivity contribution < 1.29 is 14.2 Å². The highest BCUT2D eigenvalue weighted by atomic mass is 16.7. The van der Waals surface area contributed by atoms with Crippen molar-refractivity contribution >= 4 is 0 Å². The summed E-state index contributed by atoms with van der Waals surface area (Å²) in [7, 11) is 3.21. The molecule has 0 spiro atoms. The molecule has 0 aromatic heterocycles. The third kappa shape index (κ3) is 5.20. The summed E-state index contributed by atoms with van der Waals surface area (Å²) in [5.41, 5.74) is 1.36. The van der Waals surface area contributed by atoms with E-state index in [9.17, 15) is 0 Å². The van der Waals surface area contributed by atoms with Crippen LogP contribution in [0.5, 0.6) is 5.75 Å². The smallest absolute Gasteiger partial charge is 0.191 e. The third-order valence-corrected chi connectivity index (χ3v) is 2.65. The van der Waals surface area contributed by atoms with Gasteiger partial charge in [0.15, 0.2) is 6.29 Å². The van der Waals surface area contributed by atoms with E-state index in [4.69, 9.17) is 14.2 Å². The molecule has 3 nitrogen and oxygen atoms in total. The van der Waals surface area contributed by atoms with Crippen LogP contribution in [0.1, 0.15) is 25.3 Å². The Balaban J connectivity index is 2.39. The zero-order chi connectivity index (χ0) is 12.5. The molecule has 0 aliphatic rings. The lowest BCUT2D eigenvalue weighted by Crippen LogP contribution is -2.21. The van der Waals surface area contributed by atoms with Crippen molar-refractivity contribution in [2.45, 2.75) is 32.5 Å². The molecule has 1 rings (SSSR count). The second-order valence-corrected chi connectivity index (χ2v) is 3.96. The summed E-state index contributed by atoms with van der Waals surface area (Å²) < 4.78 is 15.7. The Morgan fingerprint density at radius 2 is 1.71 bits per heavy atom. The number of hydrogen-bond acceptors (Lipinski definition) is 3. The molecule has 0 bridgehead atoms. The van der Waals surface area contributed by atoms with Crippen LogP contribution in [0.4, 0.5) is 0 Å². The lowest BCUT2D eigenvalue weighted by molar-refractivity contribution is -0.121. The van der Waals surface area contributed by atoms with Crippen LogP contribution < -0.4 is 4.74 Å². The van der Waals surface area contributed by atoms with E-state index in [2.05, 4.69) is 19.1 Å². The average Bonchev–Trinajstić information content (AvgIpc) is 2.39. The summed E-state index contributed by atoms with van der Waals surface area (Å²) in [5.74, 6) is 0.851. The number of methoxy groups -OCH3 is 2. The van der Waals surface area contributed by atoms with E-state index >= 15 is 0 Å². The van der Waals surface area contributed by atoms with Gasteiger partial charge >= 0.3 is 0 Å². The van der Waals surface area contributed by atoms with Gasteiger partial charge in [-0.2, -0.15) is 0 Å². The molecule has 96 valence electrons. The Kier molecular flexibility index (Phi) is 6.67. The number of rotatable bonds is 8. The van der Waals surface area contributed by atoms with E-state index in [1.807, 2.05) is 12.1 Å². The quantitative estimate of drug-likeness (QED) is 0.651. The summed E-state index contributed by atoms with van der Waals surface area (Å²) in [6, 6.07) is 8.21. The highest BCUT2D eigenvalue weighted by Crippen LogP contribution is 2.14. The van der Waals surface area contributed by atoms with Crippen LogP contribution in [-0.4, -0.2) is 27.1 Å². The van der Waals surface area contributed by atoms with E-state index in [1.165, 1.54) is 18.4 Å². The largest absolute Gasteiger partial charge is 0.488 e. The molecule has 0 saturated carbocycles. The zero-order valence-electron chi connectivity index (χ0n) is 10.9. The molecule has 0 saturated heterocycles. The minimum atomic E-state index is -0.310. The van der Waals surface area contributed by atoms with Crippen LogP contribution in [0.25, 0.3) is 0 Å². The average molecular weight is 238 g/mol. The van der Waals surface area contributed by atoms with Gasteiger partial charge < -0.3 is 14.2 Å². The number of hydrogen-bond donors (Lipinski definition) is 0. The predicted octanol–water partition coefficient (Wildman–Crippen LogP) is 3.03. The van der Waals surface area contributed by atoms with Gasteiger partial charge in [-0.05, 0) is 30.5 Å². The first-order chi connectivity index (χ1) is 8.30. The molecule has 0 unspecified atom stereocenters. The maximum absolute atomic E-state index is 5.56. The van der Waals surface area contributed by atoms with Crippen LogP contribution in [0.3, 0.4) is 0 Å². The van der Waals surface area contributed by atoms with Crippen molar-refractivity contribution in [3.05, 3.63) is 29.8 Å². The van der Waals surface area contributed by atoms with Gasteiger partial charge in [0.1, 0.15) is 12.4 Å². The van der Waals surface area contributed by atoms with E-state index < -0.39 is 0 Å². The number of unbranched alkanes of at least 4 members (excludes halogenated alkanes) is 1. The third-order valence-electron chi connectivity index (χ3n) is 2.65. The highest BCUT2D eigenvalue weighted by molar-refractivity contribution is 5.27. The van der Waals surface area contributed by atoms with E-state index in [0.717, 1.165) is 12.2 Å². The van der Waals surface area contributed by atoms with Gasteiger partial charge in [0, 0.05) is 14.2 Å². The molecule has 0 aliphatic heterocycles. The minimum absolute atomic E-state index is 0.310. The molecule has 0 radical (unpaired) electrons. The molecule has 0 N–H and O–H groups in total. The Morgan fingerprint density at radius 3 is 2.24 bits per heavy atom. The van der Waals surface area contributed by atoms with Crippen LogP contribution in [0.2, 0.25) is 0 Å². The molecule has 1 aromatic carbocycles. The monoisotopic (exact) mass is 238 g/mol. The van der Waals surface area contributed by atoms with Gasteiger partial charge in [-0.3, -0.25) is 0 Å². The van der Waals surface area contributed by atoms with E-state index in [0.29, 0.717) is 6.61 Å². The van der Waals surface area contributed by atoms with Crippen LogP contribution in [-0.2, 0) is 15.9 Å². The summed E-state index contributed by atoms with van der Waals surface area (Å²) in [4.78, 5) is 0. The highest BCUT2D eigenvalue weighted by Gasteiger charge is 2.05. The van der Waals surface area contributed by atoms with Gasteiger partial charge in [-0.25, -0.2) is 0 Å². The summed E-state index contributed by atoms with van der Waals surface area (Å²) in [6.45, 7) is 2.61. The number of ether oxygens (including phenoxy) is 3. The van der Waals surface area contributed by atoms with Gasteiger partial charge in [0.2, 0.25) is 0 Å². The fourth-order valence-electron chi connectivity index (χ4n) is 1.53. The topological polar surface area (TPSA) is 27.7 Å². The molecule has 0 aliphatic carbocycles. The first kappa shape index (κ1) is 14.0. The lowest BCUT2D eigenvalue weighted by atomic mass is 10.1. The Labute approximate surface area is 104 Å². The van der Waals surface area contributed by atoms with Crippen LogP contribution in [0.15, 0.2) is 24.3 Å². The van der Waals surface area contributed by atoms with Crippen molar-refractivity contribution in [2.24, 2.45) is 0 Å². The molecule has 17 heavy (non-hydrogen) atoms. The zero-order valence-corrected chi connectivity index (χ0v) is 10.9. The molecule has 0 atom stereocenters. The molecule has 0 fully saturated rings. The molecule has 3 heteroatoms. The maximum Gasteiger partial charge on any atom is 0.191 e. The van der Waals surface area contributed by atoms with Gasteiger partial charge in [0.25, 0.3) is 0 Å². The molecular formula is C14H22O3. The Hall–Kier alpha value is -1.06. The molecular weight excluding hydrogens is 216 g/mol. The summed E-state index contributed by atoms with van der Waals surface area (Å²) in [5, 5.41) is 0. The minimum Gasteiger partial charge on any atom is -0.488 e.